The molecule has 5 aromatic rings. The number of hydrogen-bond donors (Lipinski definition) is 1. The van der Waals surface area contributed by atoms with Crippen molar-refractivity contribution in [2.45, 2.75) is 0 Å². The molecule has 0 aliphatic carbocycles. The lowest BCUT2D eigenvalue weighted by atomic mass is 9.12. The normalized spacial score (nSPS) is 11.5. The maximum absolute atomic E-state index is 15.4. The van der Waals surface area contributed by atoms with Gasteiger partial charge in [-0.15, -0.1) is 21.9 Å². The van der Waals surface area contributed by atoms with Crippen LogP contribution in [0.25, 0.3) is 0 Å². The van der Waals surface area contributed by atoms with Crippen LogP contribution in [-0.2, 0) is 0 Å². The first-order valence-corrected chi connectivity index (χ1v) is 13.7. The molecule has 0 aliphatic rings. The summed E-state index contributed by atoms with van der Waals surface area (Å²) in [5.74, 6) is -71.4. The summed E-state index contributed by atoms with van der Waals surface area (Å²) < 4.78 is 294. The van der Waals surface area contributed by atoms with Gasteiger partial charge in [0.15, 0.2) is 69.8 Å². The van der Waals surface area contributed by atoms with Gasteiger partial charge in [0.2, 0.25) is 0 Å². The first-order valence-electron chi connectivity index (χ1n) is 13.7. The maximum atomic E-state index is 15.4. The summed E-state index contributed by atoms with van der Waals surface area (Å²) in [5, 5.41) is 10.1. The van der Waals surface area contributed by atoms with E-state index in [2.05, 4.69) is 5.73 Å². The number of nitro groups is 1. The molecule has 0 radical (unpaired) electrons. The van der Waals surface area contributed by atoms with Crippen LogP contribution in [0.1, 0.15) is 0 Å². The Morgan fingerprint density at radius 2 is 0.582 bits per heavy atom. The third-order valence-corrected chi connectivity index (χ3v) is 7.83. The number of quaternary nitrogens is 1. The minimum atomic E-state index is -7.22. The van der Waals surface area contributed by atoms with E-state index in [0.29, 0.717) is 5.69 Å². The zero-order valence-electron chi connectivity index (χ0n) is 25.4. The Balaban J connectivity index is 0.000000583. The van der Waals surface area contributed by atoms with Crippen LogP contribution >= 0.6 is 0 Å². The van der Waals surface area contributed by atoms with Crippen molar-refractivity contribution in [3.63, 3.8) is 0 Å². The van der Waals surface area contributed by atoms with E-state index in [1.54, 1.807) is 12.1 Å². The van der Waals surface area contributed by atoms with Gasteiger partial charge in [-0.25, -0.2) is 87.8 Å². The van der Waals surface area contributed by atoms with Crippen molar-refractivity contribution in [1.29, 1.82) is 0 Å². The molecule has 0 aromatic heterocycles. The number of hydrogen-bond acceptors (Lipinski definition) is 2. The molecular weight excluding hydrogens is 811 g/mol. The van der Waals surface area contributed by atoms with Crippen molar-refractivity contribution in [2.24, 2.45) is 0 Å². The van der Waals surface area contributed by atoms with E-state index in [1.807, 2.05) is 0 Å². The van der Waals surface area contributed by atoms with Gasteiger partial charge >= 0.3 is 0 Å². The number of nitrogens with zero attached hydrogens (tertiary/aromatic N) is 1. The van der Waals surface area contributed by atoms with Crippen LogP contribution in [0.15, 0.2) is 24.3 Å². The van der Waals surface area contributed by atoms with Gasteiger partial charge < -0.3 is 5.73 Å². The van der Waals surface area contributed by atoms with Crippen molar-refractivity contribution in [3.05, 3.63) is 151 Å². The van der Waals surface area contributed by atoms with Crippen molar-refractivity contribution < 1.29 is 98.5 Å². The maximum Gasteiger partial charge on any atom is 0.275 e. The highest BCUT2D eigenvalue weighted by molar-refractivity contribution is 7.20. The van der Waals surface area contributed by atoms with Gasteiger partial charge in [-0.3, -0.25) is 10.1 Å². The molecule has 0 heterocycles. The second kappa shape index (κ2) is 14.7. The molecule has 0 saturated heterocycles. The van der Waals surface area contributed by atoms with Gasteiger partial charge in [0, 0.05) is 6.07 Å². The van der Waals surface area contributed by atoms with Crippen LogP contribution in [0.5, 0.6) is 0 Å². The van der Waals surface area contributed by atoms with Crippen LogP contribution in [-0.4, -0.2) is 11.1 Å². The topological polar surface area (TPSA) is 70.8 Å². The smallest absolute Gasteiger partial charge is 0.275 e. The molecule has 0 atom stereocenters. The van der Waals surface area contributed by atoms with E-state index in [4.69, 9.17) is 0 Å². The molecule has 5 rings (SSSR count). The van der Waals surface area contributed by atoms with Gasteiger partial charge in [0.1, 0.15) is 58.4 Å². The van der Waals surface area contributed by atoms with Crippen LogP contribution in [0.4, 0.5) is 99.2 Å². The summed E-state index contributed by atoms with van der Waals surface area (Å²) >= 11 is 0. The largest absolute Gasteiger partial charge is 0.325 e. The Labute approximate surface area is 289 Å². The quantitative estimate of drug-likeness (QED) is 0.0565. The molecule has 55 heavy (non-hydrogen) atoms. The standard InChI is InChI=1S/C24BF20.C6H6N2O2/c26-5-1(6(27)14(35)21(42)13(5)34)25(2-7(28)15(36)22(43)16(37)8(2)29,3-9(30)17(38)23(44)18(39)10(3)31)4-11(32)19(40)24(45)20(41)12(4)33;7-5-2-1-3-6(4-5)8(9)10/h;1-4H,7H2/q-1;/p+1. The molecule has 0 spiro atoms. The predicted octanol–water partition coefficient (Wildman–Crippen LogP) is 6.31. The molecule has 4 nitrogen and oxygen atoms in total. The lowest BCUT2D eigenvalue weighted by Gasteiger charge is -2.44. The molecule has 0 amide bonds. The van der Waals surface area contributed by atoms with Gasteiger partial charge in [-0.1, -0.05) is 0 Å². The van der Waals surface area contributed by atoms with Crippen LogP contribution < -0.4 is 27.6 Å². The zero-order valence-corrected chi connectivity index (χ0v) is 25.4. The lowest BCUT2D eigenvalue weighted by Crippen LogP contribution is -2.81. The van der Waals surface area contributed by atoms with Crippen LogP contribution in [0, 0.1) is 126 Å². The minimum Gasteiger partial charge on any atom is -0.325 e. The van der Waals surface area contributed by atoms with E-state index >= 15 is 35.1 Å². The molecule has 0 unspecified atom stereocenters. The Kier molecular flexibility index (Phi) is 11.2. The van der Waals surface area contributed by atoms with Gasteiger partial charge in [-0.05, 0) is 12.1 Å². The van der Waals surface area contributed by atoms with E-state index in [-0.39, 0.29) is 5.69 Å². The highest BCUT2D eigenvalue weighted by Crippen LogP contribution is 2.30. The van der Waals surface area contributed by atoms with Crippen LogP contribution in [0.3, 0.4) is 0 Å². The molecule has 3 N–H and O–H groups in total. The minimum absolute atomic E-state index is 0.0903. The van der Waals surface area contributed by atoms with Gasteiger partial charge in [0.25, 0.3) is 5.69 Å². The Morgan fingerprint density at radius 1 is 0.382 bits per heavy atom. The number of halogens is 20. The molecule has 0 fully saturated rings. The van der Waals surface area contributed by atoms with E-state index in [0.717, 1.165) is 0 Å². The average molecular weight is 818 g/mol. The second-order valence-electron chi connectivity index (χ2n) is 10.7. The summed E-state index contributed by atoms with van der Waals surface area (Å²) in [5.41, 5.74) is -10.0. The summed E-state index contributed by atoms with van der Waals surface area (Å²) in [6, 6.07) is 6.20. The number of rotatable bonds is 5. The van der Waals surface area contributed by atoms with E-state index in [9.17, 15) is 62.8 Å². The third kappa shape index (κ3) is 6.24. The first-order chi connectivity index (χ1) is 25.4. The summed E-state index contributed by atoms with van der Waals surface area (Å²) in [7, 11) is 0. The van der Waals surface area contributed by atoms with Crippen molar-refractivity contribution in [3.8, 4) is 0 Å². The average Bonchev–Trinajstić information content (AvgIpc) is 3.14. The summed E-state index contributed by atoms with van der Waals surface area (Å²) in [6.45, 7) is 0. The van der Waals surface area contributed by atoms with E-state index in [1.165, 1.54) is 12.1 Å². The molecule has 5 aromatic carbocycles. The van der Waals surface area contributed by atoms with Crippen molar-refractivity contribution >= 4 is 39.4 Å². The highest BCUT2D eigenvalue weighted by atomic mass is 19.2. The summed E-state index contributed by atoms with van der Waals surface area (Å²) in [6.07, 6.45) is -7.22. The van der Waals surface area contributed by atoms with E-state index < -0.39 is 149 Å². The molecule has 25 heteroatoms. The summed E-state index contributed by atoms with van der Waals surface area (Å²) in [4.78, 5) is 9.70. The lowest BCUT2D eigenvalue weighted by molar-refractivity contribution is -0.385. The van der Waals surface area contributed by atoms with Gasteiger partial charge in [0.05, 0.1) is 11.0 Å². The number of benzene rings is 5. The molecule has 0 saturated carbocycles. The SMILES string of the molecule is Fc1c(F)c(F)c([B-](c2c(F)c(F)c(F)c(F)c2F)(c2c(F)c(F)c(F)c(F)c2F)c2c(F)c(F)c(F)c(F)c2F)c(F)c1F.[NH3+]c1cccc([N+](=O)[O-])c1. The van der Waals surface area contributed by atoms with Crippen LogP contribution in [0.2, 0.25) is 0 Å². The molecule has 0 aliphatic heterocycles. The fourth-order valence-electron chi connectivity index (χ4n) is 5.54. The Bertz CT molecular complexity index is 2060. The fraction of sp³-hybridized carbons (Fsp3) is 0. The predicted molar refractivity (Wildman–Crippen MR) is 145 cm³/mol. The first kappa shape index (κ1) is 41.9. The highest BCUT2D eigenvalue weighted by Gasteiger charge is 2.52. The Morgan fingerprint density at radius 3 is 0.745 bits per heavy atom. The number of non-ortho nitro benzene ring substituents is 1. The van der Waals surface area contributed by atoms with Gasteiger partial charge in [-0.2, -0.15) is 0 Å². The monoisotopic (exact) mass is 818 g/mol. The Hall–Kier alpha value is -5.88. The molecular formula is C30H7BF20N2O2. The molecule has 292 valence electrons. The molecule has 0 bridgehead atoms. The zero-order chi connectivity index (χ0) is 41.9. The number of nitro benzene ring substituents is 1. The van der Waals surface area contributed by atoms with Crippen molar-refractivity contribution in [2.75, 3.05) is 0 Å². The van der Waals surface area contributed by atoms with Crippen molar-refractivity contribution in [1.82, 2.24) is 0 Å². The third-order valence-electron chi connectivity index (χ3n) is 7.83. The second-order valence-corrected chi connectivity index (χ2v) is 10.7. The fourth-order valence-corrected chi connectivity index (χ4v) is 5.54.